The van der Waals surface area contributed by atoms with Crippen LogP contribution >= 0.6 is 31.9 Å². The van der Waals surface area contributed by atoms with Crippen LogP contribution in [0.5, 0.6) is 0 Å². The number of primary amides is 1. The van der Waals surface area contributed by atoms with Crippen LogP contribution in [0.15, 0.2) is 36.4 Å². The predicted molar refractivity (Wildman–Crippen MR) is 86.7 cm³/mol. The fraction of sp³-hybridized carbons (Fsp3) is 0.143. The van der Waals surface area contributed by atoms with Gasteiger partial charge in [0.1, 0.15) is 5.56 Å². The molecule has 1 heterocycles. The Hall–Kier alpha value is -2.00. The van der Waals surface area contributed by atoms with Crippen LogP contribution in [0, 0.1) is 0 Å². The Morgan fingerprint density at radius 3 is 2.48 bits per heavy atom. The number of esters is 2. The van der Waals surface area contributed by atoms with Crippen molar-refractivity contribution in [3.8, 4) is 0 Å². The first kappa shape index (κ1) is 17.4. The minimum absolute atomic E-state index is 0.252. The van der Waals surface area contributed by atoms with Crippen molar-refractivity contribution in [1.82, 2.24) is 0 Å². The van der Waals surface area contributed by atoms with Gasteiger partial charge in [-0.3, -0.25) is 9.59 Å². The SMILES string of the molecule is NC(=O)CCC(=O)OC(=O)c1cc2cc(Br)cc(Br)c2oc1=O. The van der Waals surface area contributed by atoms with Gasteiger partial charge in [-0.2, -0.15) is 0 Å². The number of amides is 1. The molecule has 9 heteroatoms. The Balaban J connectivity index is 2.30. The van der Waals surface area contributed by atoms with Gasteiger partial charge in [0, 0.05) is 16.3 Å². The number of carbonyl (C=O) groups is 3. The van der Waals surface area contributed by atoms with Gasteiger partial charge < -0.3 is 14.9 Å². The predicted octanol–water partition coefficient (Wildman–Crippen LogP) is 2.27. The lowest BCUT2D eigenvalue weighted by Crippen LogP contribution is -2.21. The highest BCUT2D eigenvalue weighted by Crippen LogP contribution is 2.28. The first-order chi connectivity index (χ1) is 10.8. The number of carbonyl (C=O) groups excluding carboxylic acids is 3. The van der Waals surface area contributed by atoms with Gasteiger partial charge in [-0.1, -0.05) is 15.9 Å². The van der Waals surface area contributed by atoms with Crippen LogP contribution in [0.25, 0.3) is 11.0 Å². The molecule has 0 fully saturated rings. The van der Waals surface area contributed by atoms with E-state index >= 15 is 0 Å². The quantitative estimate of drug-likeness (QED) is 0.437. The molecule has 0 unspecified atom stereocenters. The molecule has 0 radical (unpaired) electrons. The summed E-state index contributed by atoms with van der Waals surface area (Å²) in [5, 5.41) is 0.461. The Morgan fingerprint density at radius 2 is 1.83 bits per heavy atom. The minimum atomic E-state index is -1.15. The van der Waals surface area contributed by atoms with E-state index in [4.69, 9.17) is 10.2 Å². The molecule has 1 aromatic heterocycles. The Bertz CT molecular complexity index is 873. The molecule has 2 aromatic rings. The second-order valence-corrected chi connectivity index (χ2v) is 6.25. The lowest BCUT2D eigenvalue weighted by Gasteiger charge is -2.04. The topological polar surface area (TPSA) is 117 Å². The maximum atomic E-state index is 11.9. The van der Waals surface area contributed by atoms with Gasteiger partial charge >= 0.3 is 17.6 Å². The minimum Gasteiger partial charge on any atom is -0.421 e. The molecule has 0 saturated heterocycles. The standard InChI is InChI=1S/C14H9Br2NO6/c15-7-3-6-4-8(14(21)23-12(6)9(16)5-7)13(20)22-11(19)2-1-10(17)18/h3-5H,1-2H2,(H2,17,18). The van der Waals surface area contributed by atoms with E-state index in [-0.39, 0.29) is 18.4 Å². The van der Waals surface area contributed by atoms with Crippen molar-refractivity contribution < 1.29 is 23.5 Å². The van der Waals surface area contributed by atoms with Crippen LogP contribution in [-0.2, 0) is 14.3 Å². The number of fused-ring (bicyclic) bond motifs is 1. The van der Waals surface area contributed by atoms with Crippen molar-refractivity contribution in [1.29, 1.82) is 0 Å². The molecule has 1 amide bonds. The third kappa shape index (κ3) is 4.26. The van der Waals surface area contributed by atoms with E-state index in [0.717, 1.165) is 0 Å². The molecule has 0 aliphatic rings. The highest BCUT2D eigenvalue weighted by atomic mass is 79.9. The summed E-state index contributed by atoms with van der Waals surface area (Å²) in [5.74, 6) is -2.80. The maximum Gasteiger partial charge on any atom is 0.353 e. The number of nitrogens with two attached hydrogens (primary N) is 1. The second kappa shape index (κ2) is 7.05. The molecule has 0 aliphatic heterocycles. The fourth-order valence-corrected chi connectivity index (χ4v) is 3.07. The summed E-state index contributed by atoms with van der Waals surface area (Å²) in [6.07, 6.45) is -0.602. The lowest BCUT2D eigenvalue weighted by atomic mass is 10.2. The second-order valence-electron chi connectivity index (χ2n) is 4.48. The fourth-order valence-electron chi connectivity index (χ4n) is 1.73. The van der Waals surface area contributed by atoms with Crippen molar-refractivity contribution in [2.24, 2.45) is 5.73 Å². The summed E-state index contributed by atoms with van der Waals surface area (Å²) in [4.78, 5) is 45.8. The molecule has 7 nitrogen and oxygen atoms in total. The molecule has 1 aromatic carbocycles. The van der Waals surface area contributed by atoms with E-state index in [9.17, 15) is 19.2 Å². The number of rotatable bonds is 4. The maximum absolute atomic E-state index is 11.9. The molecular formula is C14H9Br2NO6. The highest BCUT2D eigenvalue weighted by Gasteiger charge is 2.20. The molecule has 120 valence electrons. The first-order valence-electron chi connectivity index (χ1n) is 6.24. The Kier molecular flexibility index (Phi) is 5.32. The average molecular weight is 447 g/mol. The van der Waals surface area contributed by atoms with Gasteiger partial charge in [-0.15, -0.1) is 0 Å². The van der Waals surface area contributed by atoms with E-state index in [0.29, 0.717) is 14.3 Å². The summed E-state index contributed by atoms with van der Waals surface area (Å²) in [6.45, 7) is 0. The van der Waals surface area contributed by atoms with Gasteiger partial charge in [0.15, 0.2) is 5.58 Å². The van der Waals surface area contributed by atoms with E-state index < -0.39 is 29.0 Å². The summed E-state index contributed by atoms with van der Waals surface area (Å²) >= 11 is 6.51. The van der Waals surface area contributed by atoms with Gasteiger partial charge in [0.25, 0.3) is 0 Å². The third-order valence-corrected chi connectivity index (χ3v) is 3.80. The number of hydrogen-bond acceptors (Lipinski definition) is 6. The van der Waals surface area contributed by atoms with E-state index in [2.05, 4.69) is 36.6 Å². The number of halogens is 2. The smallest absolute Gasteiger partial charge is 0.353 e. The van der Waals surface area contributed by atoms with Gasteiger partial charge in [0.05, 0.1) is 10.9 Å². The lowest BCUT2D eigenvalue weighted by molar-refractivity contribution is -0.139. The molecule has 23 heavy (non-hydrogen) atoms. The highest BCUT2D eigenvalue weighted by molar-refractivity contribution is 9.11. The van der Waals surface area contributed by atoms with E-state index in [1.54, 1.807) is 12.1 Å². The largest absolute Gasteiger partial charge is 0.421 e. The van der Waals surface area contributed by atoms with E-state index in [1.165, 1.54) is 6.07 Å². The zero-order chi connectivity index (χ0) is 17.1. The zero-order valence-corrected chi connectivity index (χ0v) is 14.6. The molecule has 0 aliphatic carbocycles. The average Bonchev–Trinajstić information content (AvgIpc) is 2.45. The molecule has 0 spiro atoms. The summed E-state index contributed by atoms with van der Waals surface area (Å²) < 4.78 is 10.8. The number of hydrogen-bond donors (Lipinski definition) is 1. The van der Waals surface area contributed by atoms with Crippen molar-refractivity contribution in [2.45, 2.75) is 12.8 Å². The Labute approximate surface area is 146 Å². The van der Waals surface area contributed by atoms with Crippen LogP contribution in [-0.4, -0.2) is 17.8 Å². The third-order valence-electron chi connectivity index (χ3n) is 2.75. The monoisotopic (exact) mass is 445 g/mol. The Morgan fingerprint density at radius 1 is 1.13 bits per heavy atom. The van der Waals surface area contributed by atoms with Crippen molar-refractivity contribution in [3.05, 3.63) is 43.1 Å². The van der Waals surface area contributed by atoms with Crippen LogP contribution in [0.2, 0.25) is 0 Å². The molecule has 2 rings (SSSR count). The number of benzene rings is 1. The van der Waals surface area contributed by atoms with Crippen LogP contribution < -0.4 is 11.4 Å². The summed E-state index contributed by atoms with van der Waals surface area (Å²) in [6, 6.07) is 4.58. The molecule has 2 N–H and O–H groups in total. The molecule has 0 bridgehead atoms. The van der Waals surface area contributed by atoms with Crippen LogP contribution in [0.4, 0.5) is 0 Å². The number of ether oxygens (including phenoxy) is 1. The van der Waals surface area contributed by atoms with E-state index in [1.807, 2.05) is 0 Å². The molecule has 0 saturated carbocycles. The van der Waals surface area contributed by atoms with Gasteiger partial charge in [0.2, 0.25) is 5.91 Å². The van der Waals surface area contributed by atoms with Gasteiger partial charge in [-0.05, 0) is 34.1 Å². The first-order valence-corrected chi connectivity index (χ1v) is 7.82. The van der Waals surface area contributed by atoms with Gasteiger partial charge in [-0.25, -0.2) is 9.59 Å². The molecule has 0 atom stereocenters. The molecular weight excluding hydrogens is 438 g/mol. The van der Waals surface area contributed by atoms with Crippen molar-refractivity contribution >= 4 is 60.7 Å². The van der Waals surface area contributed by atoms with Crippen molar-refractivity contribution in [2.75, 3.05) is 0 Å². The summed E-state index contributed by atoms with van der Waals surface area (Å²) in [5.41, 5.74) is 3.79. The zero-order valence-electron chi connectivity index (χ0n) is 11.4. The summed E-state index contributed by atoms with van der Waals surface area (Å²) in [7, 11) is 0. The van der Waals surface area contributed by atoms with Crippen LogP contribution in [0.1, 0.15) is 23.2 Å². The normalized spacial score (nSPS) is 10.5. The van der Waals surface area contributed by atoms with Crippen LogP contribution in [0.3, 0.4) is 0 Å². The van der Waals surface area contributed by atoms with Crippen molar-refractivity contribution in [3.63, 3.8) is 0 Å².